The van der Waals surface area contributed by atoms with E-state index >= 15 is 0 Å². The molecule has 0 amide bonds. The molecule has 2 N–H and O–H groups in total. The Morgan fingerprint density at radius 3 is 3.29 bits per heavy atom. The summed E-state index contributed by atoms with van der Waals surface area (Å²) in [6, 6.07) is 4.48. The highest BCUT2D eigenvalue weighted by Gasteiger charge is 2.15. The van der Waals surface area contributed by atoms with E-state index in [4.69, 9.17) is 9.84 Å². The highest BCUT2D eigenvalue weighted by atomic mass is 32.2. The van der Waals surface area contributed by atoms with Crippen molar-refractivity contribution in [3.8, 4) is 0 Å². The number of nitrogens with zero attached hydrogens (tertiary/aromatic N) is 1. The molecule has 1 unspecified atom stereocenters. The normalized spacial score (nSPS) is 19.5. The van der Waals surface area contributed by atoms with Gasteiger partial charge < -0.3 is 15.2 Å². The third-order valence-corrected chi connectivity index (χ3v) is 3.62. The van der Waals surface area contributed by atoms with Crippen molar-refractivity contribution in [2.75, 3.05) is 30.9 Å². The van der Waals surface area contributed by atoms with Gasteiger partial charge in [0.25, 0.3) is 0 Å². The number of thioether (sulfide) groups is 1. The molecule has 1 aromatic rings. The smallest absolute Gasteiger partial charge is 0.126 e. The van der Waals surface area contributed by atoms with Gasteiger partial charge in [0.05, 0.1) is 19.3 Å². The third-order valence-electron chi connectivity index (χ3n) is 2.61. The summed E-state index contributed by atoms with van der Waals surface area (Å²) in [4.78, 5) is 4.31. The fourth-order valence-electron chi connectivity index (χ4n) is 1.76. The molecule has 94 valence electrons. The fraction of sp³-hybridized carbons (Fsp3) is 0.583. The van der Waals surface area contributed by atoms with Gasteiger partial charge in [0.2, 0.25) is 0 Å². The monoisotopic (exact) mass is 254 g/mol. The predicted octanol–water partition coefficient (Wildman–Crippen LogP) is 1.51. The predicted molar refractivity (Wildman–Crippen MR) is 70.3 cm³/mol. The quantitative estimate of drug-likeness (QED) is 0.754. The van der Waals surface area contributed by atoms with Crippen molar-refractivity contribution in [2.24, 2.45) is 0 Å². The first-order chi connectivity index (χ1) is 8.38. The lowest BCUT2D eigenvalue weighted by molar-refractivity contribution is 0.195. The molecule has 17 heavy (non-hydrogen) atoms. The van der Waals surface area contributed by atoms with Crippen molar-refractivity contribution in [1.29, 1.82) is 0 Å². The van der Waals surface area contributed by atoms with E-state index in [1.54, 1.807) is 11.8 Å². The Morgan fingerprint density at radius 1 is 1.59 bits per heavy atom. The molecule has 5 heteroatoms. The minimum Gasteiger partial charge on any atom is -0.396 e. The second kappa shape index (κ2) is 6.83. The van der Waals surface area contributed by atoms with E-state index in [0.29, 0.717) is 6.04 Å². The van der Waals surface area contributed by atoms with Crippen LogP contribution in [0, 0.1) is 0 Å². The van der Waals surface area contributed by atoms with Gasteiger partial charge in [0.15, 0.2) is 0 Å². The largest absolute Gasteiger partial charge is 0.396 e. The molecular formula is C12H18N2O2S. The van der Waals surface area contributed by atoms with E-state index in [1.165, 1.54) is 5.56 Å². The lowest BCUT2D eigenvalue weighted by Gasteiger charge is -2.11. The van der Waals surface area contributed by atoms with Crippen LogP contribution in [-0.2, 0) is 10.5 Å². The molecule has 0 radical (unpaired) electrons. The van der Waals surface area contributed by atoms with Gasteiger partial charge in [0.1, 0.15) is 5.82 Å². The van der Waals surface area contributed by atoms with Gasteiger partial charge in [-0.25, -0.2) is 4.98 Å². The van der Waals surface area contributed by atoms with Crippen molar-refractivity contribution in [1.82, 2.24) is 4.98 Å². The van der Waals surface area contributed by atoms with Crippen LogP contribution < -0.4 is 5.32 Å². The Hall–Kier alpha value is -0.780. The van der Waals surface area contributed by atoms with Crippen LogP contribution in [0.25, 0.3) is 0 Å². The molecule has 1 aliphatic heterocycles. The van der Waals surface area contributed by atoms with Gasteiger partial charge in [-0.2, -0.15) is 11.8 Å². The summed E-state index contributed by atoms with van der Waals surface area (Å²) in [7, 11) is 0. The molecule has 0 bridgehead atoms. The summed E-state index contributed by atoms with van der Waals surface area (Å²) in [6.45, 7) is 1.84. The summed E-state index contributed by atoms with van der Waals surface area (Å²) in [6.07, 6.45) is 2.87. The molecule has 1 aromatic heterocycles. The van der Waals surface area contributed by atoms with E-state index in [2.05, 4.69) is 16.4 Å². The second-order valence-corrected chi connectivity index (χ2v) is 5.14. The van der Waals surface area contributed by atoms with Gasteiger partial charge in [-0.05, 0) is 24.1 Å². The molecule has 2 rings (SSSR count). The maximum Gasteiger partial charge on any atom is 0.126 e. The van der Waals surface area contributed by atoms with Gasteiger partial charge in [-0.3, -0.25) is 0 Å². The first kappa shape index (κ1) is 12.7. The zero-order valence-electron chi connectivity index (χ0n) is 9.76. The van der Waals surface area contributed by atoms with E-state index in [-0.39, 0.29) is 6.61 Å². The Kier molecular flexibility index (Phi) is 5.09. The van der Waals surface area contributed by atoms with Crippen LogP contribution in [0.5, 0.6) is 0 Å². The Bertz CT molecular complexity index is 343. The van der Waals surface area contributed by atoms with E-state index in [0.717, 1.165) is 37.0 Å². The number of rotatable bonds is 6. The Labute approximate surface area is 106 Å². The van der Waals surface area contributed by atoms with Gasteiger partial charge in [-0.1, -0.05) is 0 Å². The average molecular weight is 254 g/mol. The number of ether oxygens (including phenoxy) is 1. The number of hydrogen-bond donors (Lipinski definition) is 2. The number of hydrogen-bond acceptors (Lipinski definition) is 5. The molecule has 4 nitrogen and oxygen atoms in total. The van der Waals surface area contributed by atoms with Crippen molar-refractivity contribution >= 4 is 17.6 Å². The summed E-state index contributed by atoms with van der Waals surface area (Å²) in [5.74, 6) is 2.61. The van der Waals surface area contributed by atoms with E-state index in [9.17, 15) is 0 Å². The standard InChI is InChI=1S/C12H18N2O2S/c15-4-6-17-9-10-1-3-13-12(7-10)14-11-2-5-16-8-11/h1,3,7,11,15H,2,4-6,8-9H2,(H,13,14). The maximum absolute atomic E-state index is 8.73. The van der Waals surface area contributed by atoms with Crippen LogP contribution in [0.2, 0.25) is 0 Å². The summed E-state index contributed by atoms with van der Waals surface area (Å²) >= 11 is 1.73. The summed E-state index contributed by atoms with van der Waals surface area (Å²) < 4.78 is 5.32. The van der Waals surface area contributed by atoms with Gasteiger partial charge in [-0.15, -0.1) is 0 Å². The van der Waals surface area contributed by atoms with Gasteiger partial charge >= 0.3 is 0 Å². The third kappa shape index (κ3) is 4.18. The van der Waals surface area contributed by atoms with Crippen molar-refractivity contribution < 1.29 is 9.84 Å². The number of aliphatic hydroxyl groups is 1. The topological polar surface area (TPSA) is 54.4 Å². The van der Waals surface area contributed by atoms with E-state index in [1.807, 2.05) is 12.3 Å². The van der Waals surface area contributed by atoms with Crippen molar-refractivity contribution in [3.05, 3.63) is 23.9 Å². The van der Waals surface area contributed by atoms with Crippen LogP contribution in [0.3, 0.4) is 0 Å². The zero-order valence-corrected chi connectivity index (χ0v) is 10.6. The Morgan fingerprint density at radius 2 is 2.53 bits per heavy atom. The highest BCUT2D eigenvalue weighted by Crippen LogP contribution is 2.16. The average Bonchev–Trinajstić information content (AvgIpc) is 2.83. The summed E-state index contributed by atoms with van der Waals surface area (Å²) in [5, 5.41) is 12.1. The number of aliphatic hydroxyl groups excluding tert-OH is 1. The molecule has 0 aliphatic carbocycles. The molecule has 1 aliphatic rings. The van der Waals surface area contributed by atoms with E-state index < -0.39 is 0 Å². The molecule has 1 atom stereocenters. The molecule has 2 heterocycles. The lowest BCUT2D eigenvalue weighted by atomic mass is 10.2. The highest BCUT2D eigenvalue weighted by molar-refractivity contribution is 7.98. The van der Waals surface area contributed by atoms with Crippen LogP contribution >= 0.6 is 11.8 Å². The maximum atomic E-state index is 8.73. The molecule has 0 saturated carbocycles. The number of pyridine rings is 1. The number of nitrogens with one attached hydrogen (secondary N) is 1. The molecule has 1 saturated heterocycles. The molecule has 1 fully saturated rings. The molecule has 0 spiro atoms. The minimum atomic E-state index is 0.236. The lowest BCUT2D eigenvalue weighted by Crippen LogP contribution is -2.19. The molecule has 0 aromatic carbocycles. The van der Waals surface area contributed by atoms with Gasteiger partial charge in [0, 0.05) is 24.3 Å². The first-order valence-corrected chi connectivity index (χ1v) is 7.02. The summed E-state index contributed by atoms with van der Waals surface area (Å²) in [5.41, 5.74) is 1.24. The zero-order chi connectivity index (χ0) is 11.9. The second-order valence-electron chi connectivity index (χ2n) is 4.03. The van der Waals surface area contributed by atoms with Crippen molar-refractivity contribution in [2.45, 2.75) is 18.2 Å². The van der Waals surface area contributed by atoms with Crippen molar-refractivity contribution in [3.63, 3.8) is 0 Å². The van der Waals surface area contributed by atoms with Crippen LogP contribution in [0.1, 0.15) is 12.0 Å². The number of anilines is 1. The minimum absolute atomic E-state index is 0.236. The van der Waals surface area contributed by atoms with Crippen LogP contribution in [-0.4, -0.2) is 41.7 Å². The van der Waals surface area contributed by atoms with Crippen LogP contribution in [0.4, 0.5) is 5.82 Å². The Balaban J connectivity index is 1.86. The number of aromatic nitrogens is 1. The van der Waals surface area contributed by atoms with Crippen LogP contribution in [0.15, 0.2) is 18.3 Å². The molecular weight excluding hydrogens is 236 g/mol. The fourth-order valence-corrected chi connectivity index (χ4v) is 2.44. The first-order valence-electron chi connectivity index (χ1n) is 5.86. The SMILES string of the molecule is OCCSCc1ccnc(NC2CCOC2)c1.